The van der Waals surface area contributed by atoms with Crippen LogP contribution in [0.2, 0.25) is 0 Å². The van der Waals surface area contributed by atoms with Crippen LogP contribution in [-0.2, 0) is 11.8 Å². The lowest BCUT2D eigenvalue weighted by Gasteiger charge is -2.38. The first-order chi connectivity index (χ1) is 11.3. The van der Waals surface area contributed by atoms with E-state index in [9.17, 15) is 9.90 Å². The Kier molecular flexibility index (Phi) is 4.71. The van der Waals surface area contributed by atoms with E-state index in [4.69, 9.17) is 0 Å². The summed E-state index contributed by atoms with van der Waals surface area (Å²) in [6.07, 6.45) is 4.51. The van der Waals surface area contributed by atoms with Gasteiger partial charge in [0.25, 0.3) is 0 Å². The lowest BCUT2D eigenvalue weighted by atomic mass is 9.89. The molecule has 1 aliphatic heterocycles. The molecule has 0 aromatic carbocycles. The van der Waals surface area contributed by atoms with Gasteiger partial charge in [-0.05, 0) is 23.3 Å². The molecule has 2 aliphatic rings. The summed E-state index contributed by atoms with van der Waals surface area (Å²) in [5.74, 6) is 0.785. The smallest absolute Gasteiger partial charge is 0.226 e. The van der Waals surface area contributed by atoms with Crippen molar-refractivity contribution in [1.82, 2.24) is 19.6 Å². The van der Waals surface area contributed by atoms with Crippen molar-refractivity contribution in [3.63, 3.8) is 0 Å². The first kappa shape index (κ1) is 17.4. The van der Waals surface area contributed by atoms with Gasteiger partial charge in [0.2, 0.25) is 5.91 Å². The normalized spacial score (nSPS) is 26.5. The summed E-state index contributed by atoms with van der Waals surface area (Å²) in [7, 11) is 1.91. The molecule has 0 bridgehead atoms. The van der Waals surface area contributed by atoms with Gasteiger partial charge >= 0.3 is 0 Å². The van der Waals surface area contributed by atoms with Crippen LogP contribution in [0.1, 0.15) is 38.7 Å². The van der Waals surface area contributed by atoms with Crippen molar-refractivity contribution in [2.45, 2.75) is 39.2 Å². The summed E-state index contributed by atoms with van der Waals surface area (Å²) < 4.78 is 1.80. The van der Waals surface area contributed by atoms with Crippen molar-refractivity contribution in [2.75, 3.05) is 32.7 Å². The fourth-order valence-corrected chi connectivity index (χ4v) is 3.37. The van der Waals surface area contributed by atoms with Crippen LogP contribution in [0.25, 0.3) is 0 Å². The summed E-state index contributed by atoms with van der Waals surface area (Å²) in [5.41, 5.74) is 1.08. The highest BCUT2D eigenvalue weighted by atomic mass is 16.3. The Morgan fingerprint density at radius 3 is 2.54 bits per heavy atom. The molecular weight excluding hydrogens is 304 g/mol. The molecule has 3 rings (SSSR count). The highest BCUT2D eigenvalue weighted by molar-refractivity contribution is 5.83. The molecule has 1 saturated carbocycles. The quantitative estimate of drug-likeness (QED) is 0.895. The molecule has 1 aromatic heterocycles. The lowest BCUT2D eigenvalue weighted by molar-refractivity contribution is -0.134. The summed E-state index contributed by atoms with van der Waals surface area (Å²) in [4.78, 5) is 16.9. The SMILES string of the molecule is Cn1cc([C@@H]2C[C@H]2C(=O)N2CCN(C[C@@H](O)C(C)(C)C)CC2)cn1. The minimum absolute atomic E-state index is 0.0993. The minimum Gasteiger partial charge on any atom is -0.391 e. The summed E-state index contributed by atoms with van der Waals surface area (Å²) in [5, 5.41) is 14.4. The number of hydrogen-bond acceptors (Lipinski definition) is 4. The Morgan fingerprint density at radius 2 is 2.00 bits per heavy atom. The van der Waals surface area contributed by atoms with Crippen molar-refractivity contribution in [3.05, 3.63) is 18.0 Å². The molecule has 0 spiro atoms. The lowest BCUT2D eigenvalue weighted by Crippen LogP contribution is -2.52. The van der Waals surface area contributed by atoms with E-state index in [1.165, 1.54) is 5.56 Å². The van der Waals surface area contributed by atoms with E-state index in [2.05, 4.69) is 30.8 Å². The Hall–Kier alpha value is -1.40. The number of piperazine rings is 1. The van der Waals surface area contributed by atoms with Crippen LogP contribution in [-0.4, -0.2) is 69.4 Å². The fraction of sp³-hybridized carbons (Fsp3) is 0.778. The molecule has 2 fully saturated rings. The van der Waals surface area contributed by atoms with Crippen LogP contribution in [0.15, 0.2) is 12.4 Å². The molecule has 0 unspecified atom stereocenters. The Labute approximate surface area is 144 Å². The maximum Gasteiger partial charge on any atom is 0.226 e. The fourth-order valence-electron chi connectivity index (χ4n) is 3.37. The van der Waals surface area contributed by atoms with E-state index in [1.54, 1.807) is 4.68 Å². The van der Waals surface area contributed by atoms with Crippen LogP contribution >= 0.6 is 0 Å². The van der Waals surface area contributed by atoms with Gasteiger partial charge in [-0.1, -0.05) is 20.8 Å². The van der Waals surface area contributed by atoms with Gasteiger partial charge in [0.1, 0.15) is 0 Å². The number of hydrogen-bond donors (Lipinski definition) is 1. The zero-order valence-electron chi connectivity index (χ0n) is 15.3. The first-order valence-electron chi connectivity index (χ1n) is 8.93. The number of β-amino-alcohol motifs (C(OH)–C–C–N with tert-alkyl or cyclic N) is 1. The molecule has 0 radical (unpaired) electrons. The molecule has 2 heterocycles. The molecule has 1 N–H and O–H groups in total. The van der Waals surface area contributed by atoms with Gasteiger partial charge in [-0.15, -0.1) is 0 Å². The number of rotatable bonds is 4. The van der Waals surface area contributed by atoms with Gasteiger partial charge in [0.05, 0.1) is 12.3 Å². The van der Waals surface area contributed by atoms with Crippen LogP contribution < -0.4 is 0 Å². The maximum absolute atomic E-state index is 12.7. The molecule has 1 aromatic rings. The Balaban J connectivity index is 1.46. The summed E-state index contributed by atoms with van der Waals surface area (Å²) >= 11 is 0. The molecule has 3 atom stereocenters. The number of nitrogens with zero attached hydrogens (tertiary/aromatic N) is 4. The van der Waals surface area contributed by atoms with E-state index in [0.29, 0.717) is 18.4 Å². The Bertz CT molecular complexity index is 584. The molecule has 24 heavy (non-hydrogen) atoms. The van der Waals surface area contributed by atoms with Crippen molar-refractivity contribution in [1.29, 1.82) is 0 Å². The molecular formula is C18H30N4O2. The average Bonchev–Trinajstić information content (AvgIpc) is 3.21. The number of carbonyl (C=O) groups is 1. The van der Waals surface area contributed by atoms with E-state index >= 15 is 0 Å². The highest BCUT2D eigenvalue weighted by Crippen LogP contribution is 2.48. The van der Waals surface area contributed by atoms with E-state index in [-0.39, 0.29) is 17.4 Å². The minimum atomic E-state index is -0.335. The van der Waals surface area contributed by atoms with Crippen LogP contribution in [0.4, 0.5) is 0 Å². The molecule has 1 amide bonds. The molecule has 1 aliphatic carbocycles. The average molecular weight is 334 g/mol. The first-order valence-corrected chi connectivity index (χ1v) is 8.93. The second kappa shape index (κ2) is 6.48. The molecule has 1 saturated heterocycles. The number of aliphatic hydroxyl groups is 1. The van der Waals surface area contributed by atoms with E-state index in [0.717, 1.165) is 32.6 Å². The zero-order chi connectivity index (χ0) is 17.5. The number of aliphatic hydroxyl groups excluding tert-OH is 1. The highest BCUT2D eigenvalue weighted by Gasteiger charge is 2.46. The van der Waals surface area contributed by atoms with Gasteiger partial charge in [0.15, 0.2) is 0 Å². The second-order valence-electron chi connectivity index (χ2n) is 8.40. The Morgan fingerprint density at radius 1 is 1.33 bits per heavy atom. The summed E-state index contributed by atoms with van der Waals surface area (Å²) in [6.45, 7) is 10.1. The number of aromatic nitrogens is 2. The third kappa shape index (κ3) is 3.81. The number of aryl methyl sites for hydroxylation is 1. The monoisotopic (exact) mass is 334 g/mol. The number of amides is 1. The van der Waals surface area contributed by atoms with Crippen LogP contribution in [0.5, 0.6) is 0 Å². The third-order valence-corrected chi connectivity index (χ3v) is 5.38. The van der Waals surface area contributed by atoms with Crippen LogP contribution in [0.3, 0.4) is 0 Å². The van der Waals surface area contributed by atoms with Crippen molar-refractivity contribution < 1.29 is 9.90 Å². The van der Waals surface area contributed by atoms with Crippen LogP contribution in [0, 0.1) is 11.3 Å². The standard InChI is InChI=1S/C18H30N4O2/c1-18(2,3)16(23)12-21-5-7-22(8-6-21)17(24)15-9-14(15)13-10-19-20(4)11-13/h10-11,14-16,23H,5-9,12H2,1-4H3/t14-,15+,16+/m0/s1. The zero-order valence-corrected chi connectivity index (χ0v) is 15.3. The summed E-state index contributed by atoms with van der Waals surface area (Å²) in [6, 6.07) is 0. The molecule has 6 nitrogen and oxygen atoms in total. The third-order valence-electron chi connectivity index (χ3n) is 5.38. The van der Waals surface area contributed by atoms with Crippen molar-refractivity contribution in [3.8, 4) is 0 Å². The maximum atomic E-state index is 12.7. The molecule has 134 valence electrons. The van der Waals surface area contributed by atoms with Gasteiger partial charge in [-0.3, -0.25) is 14.4 Å². The largest absolute Gasteiger partial charge is 0.391 e. The van der Waals surface area contributed by atoms with Gasteiger partial charge in [-0.25, -0.2) is 0 Å². The van der Waals surface area contributed by atoms with Crippen molar-refractivity contribution >= 4 is 5.91 Å². The van der Waals surface area contributed by atoms with Gasteiger partial charge in [-0.2, -0.15) is 5.10 Å². The topological polar surface area (TPSA) is 61.6 Å². The van der Waals surface area contributed by atoms with Gasteiger partial charge in [0, 0.05) is 51.9 Å². The predicted octanol–water partition coefficient (Wildman–Crippen LogP) is 1.07. The van der Waals surface area contributed by atoms with E-state index in [1.807, 2.05) is 24.3 Å². The molecule has 6 heteroatoms. The van der Waals surface area contributed by atoms with Crippen molar-refractivity contribution in [2.24, 2.45) is 18.4 Å². The van der Waals surface area contributed by atoms with Gasteiger partial charge < -0.3 is 10.0 Å². The second-order valence-corrected chi connectivity index (χ2v) is 8.40. The predicted molar refractivity (Wildman–Crippen MR) is 92.5 cm³/mol. The van der Waals surface area contributed by atoms with E-state index < -0.39 is 0 Å². The number of carbonyl (C=O) groups excluding carboxylic acids is 1.